The largest absolute Gasteiger partial charge is 0.355 e. The molecule has 0 saturated heterocycles. The Kier molecular flexibility index (Phi) is 6.18. The Morgan fingerprint density at radius 3 is 2.53 bits per heavy atom. The first-order valence-electron chi connectivity index (χ1n) is 10.3. The van der Waals surface area contributed by atoms with E-state index in [4.69, 9.17) is 0 Å². The molecule has 0 aliphatic carbocycles. The SMILES string of the molecule is O=C(NCCc1ccccc1)C1CN(CCc2cccnc2)C(=O)c2ccccc21. The molecule has 3 aromatic rings. The predicted molar refractivity (Wildman–Crippen MR) is 116 cm³/mol. The van der Waals surface area contributed by atoms with Gasteiger partial charge < -0.3 is 10.2 Å². The van der Waals surface area contributed by atoms with Gasteiger partial charge in [0.25, 0.3) is 5.91 Å². The summed E-state index contributed by atoms with van der Waals surface area (Å²) in [5.41, 5.74) is 3.71. The van der Waals surface area contributed by atoms with Crippen LogP contribution in [0.3, 0.4) is 0 Å². The van der Waals surface area contributed by atoms with Gasteiger partial charge in [-0.05, 0) is 41.7 Å². The predicted octanol–water partition coefficient (Wildman–Crippen LogP) is 3.22. The molecule has 1 atom stereocenters. The first kappa shape index (κ1) is 19.8. The van der Waals surface area contributed by atoms with E-state index < -0.39 is 0 Å². The molecule has 152 valence electrons. The van der Waals surface area contributed by atoms with Crippen LogP contribution < -0.4 is 5.32 Å². The molecule has 1 aliphatic rings. The monoisotopic (exact) mass is 399 g/mol. The number of aromatic nitrogens is 1. The molecule has 30 heavy (non-hydrogen) atoms. The van der Waals surface area contributed by atoms with Gasteiger partial charge in [0.2, 0.25) is 5.91 Å². The van der Waals surface area contributed by atoms with Crippen molar-refractivity contribution in [2.24, 2.45) is 0 Å². The third kappa shape index (κ3) is 4.57. The average Bonchev–Trinajstić information content (AvgIpc) is 2.80. The molecule has 2 heterocycles. The van der Waals surface area contributed by atoms with Crippen molar-refractivity contribution in [1.29, 1.82) is 0 Å². The van der Waals surface area contributed by atoms with Crippen LogP contribution in [0.1, 0.15) is 33.0 Å². The number of carbonyl (C=O) groups is 2. The number of carbonyl (C=O) groups excluding carboxylic acids is 2. The summed E-state index contributed by atoms with van der Waals surface area (Å²) in [6.45, 7) is 1.53. The molecule has 1 aliphatic heterocycles. The van der Waals surface area contributed by atoms with Crippen LogP contribution in [-0.4, -0.2) is 41.3 Å². The summed E-state index contributed by atoms with van der Waals surface area (Å²) < 4.78 is 0. The number of nitrogens with one attached hydrogen (secondary N) is 1. The lowest BCUT2D eigenvalue weighted by Gasteiger charge is -2.33. The van der Waals surface area contributed by atoms with Gasteiger partial charge in [0, 0.05) is 37.6 Å². The standard InChI is InChI=1S/C25H25N3O2/c29-24(27-15-12-19-7-2-1-3-8-19)23-18-28(16-13-20-9-6-14-26-17-20)25(30)22-11-5-4-10-21(22)23/h1-11,14,17,23H,12-13,15-16,18H2,(H,27,29). The first-order chi connectivity index (χ1) is 14.7. The van der Waals surface area contributed by atoms with Gasteiger partial charge in [0.15, 0.2) is 0 Å². The Hall–Kier alpha value is -3.47. The van der Waals surface area contributed by atoms with Crippen LogP contribution in [0.5, 0.6) is 0 Å². The topological polar surface area (TPSA) is 62.3 Å². The number of fused-ring (bicyclic) bond motifs is 1. The van der Waals surface area contributed by atoms with Gasteiger partial charge in [-0.25, -0.2) is 0 Å². The van der Waals surface area contributed by atoms with E-state index in [0.29, 0.717) is 31.6 Å². The number of hydrogen-bond donors (Lipinski definition) is 1. The van der Waals surface area contributed by atoms with Crippen LogP contribution in [0.25, 0.3) is 0 Å². The molecule has 0 saturated carbocycles. The van der Waals surface area contributed by atoms with E-state index in [9.17, 15) is 9.59 Å². The summed E-state index contributed by atoms with van der Waals surface area (Å²) >= 11 is 0. The lowest BCUT2D eigenvalue weighted by molar-refractivity contribution is -0.122. The van der Waals surface area contributed by atoms with Gasteiger partial charge >= 0.3 is 0 Å². The molecule has 2 amide bonds. The smallest absolute Gasteiger partial charge is 0.254 e. The summed E-state index contributed by atoms with van der Waals surface area (Å²) in [6, 6.07) is 21.5. The van der Waals surface area contributed by atoms with Crippen LogP contribution >= 0.6 is 0 Å². The van der Waals surface area contributed by atoms with Crippen LogP contribution in [0.15, 0.2) is 79.1 Å². The third-order valence-corrected chi connectivity index (χ3v) is 5.52. The van der Waals surface area contributed by atoms with Gasteiger partial charge in [-0.2, -0.15) is 0 Å². The van der Waals surface area contributed by atoms with Crippen molar-refractivity contribution in [3.05, 3.63) is 101 Å². The van der Waals surface area contributed by atoms with Crippen molar-refractivity contribution in [2.45, 2.75) is 18.8 Å². The fourth-order valence-corrected chi connectivity index (χ4v) is 3.89. The molecular weight excluding hydrogens is 374 g/mol. The van der Waals surface area contributed by atoms with Crippen molar-refractivity contribution in [3.63, 3.8) is 0 Å². The van der Waals surface area contributed by atoms with Gasteiger partial charge in [-0.15, -0.1) is 0 Å². The third-order valence-electron chi connectivity index (χ3n) is 5.52. The summed E-state index contributed by atoms with van der Waals surface area (Å²) in [5.74, 6) is -0.399. The Balaban J connectivity index is 1.45. The van der Waals surface area contributed by atoms with Crippen LogP contribution in [0.4, 0.5) is 0 Å². The van der Waals surface area contributed by atoms with Gasteiger partial charge in [-0.1, -0.05) is 54.6 Å². The van der Waals surface area contributed by atoms with Crippen LogP contribution in [-0.2, 0) is 17.6 Å². The zero-order valence-corrected chi connectivity index (χ0v) is 16.8. The van der Waals surface area contributed by atoms with Crippen molar-refractivity contribution >= 4 is 11.8 Å². The minimum absolute atomic E-state index is 0.0113. The molecule has 5 nitrogen and oxygen atoms in total. The van der Waals surface area contributed by atoms with Gasteiger partial charge in [0.05, 0.1) is 5.92 Å². The number of hydrogen-bond acceptors (Lipinski definition) is 3. The maximum Gasteiger partial charge on any atom is 0.254 e. The highest BCUT2D eigenvalue weighted by Crippen LogP contribution is 2.28. The van der Waals surface area contributed by atoms with Crippen LogP contribution in [0, 0.1) is 0 Å². The fraction of sp³-hybridized carbons (Fsp3) is 0.240. The average molecular weight is 399 g/mol. The number of rotatable bonds is 7. The Bertz CT molecular complexity index is 1010. The molecule has 0 fully saturated rings. The summed E-state index contributed by atoms with van der Waals surface area (Å²) in [7, 11) is 0. The minimum Gasteiger partial charge on any atom is -0.355 e. The second kappa shape index (κ2) is 9.35. The highest BCUT2D eigenvalue weighted by atomic mass is 16.2. The second-order valence-corrected chi connectivity index (χ2v) is 7.53. The van der Waals surface area contributed by atoms with E-state index in [1.807, 2.05) is 60.8 Å². The lowest BCUT2D eigenvalue weighted by atomic mass is 9.88. The Morgan fingerprint density at radius 1 is 0.967 bits per heavy atom. The highest BCUT2D eigenvalue weighted by Gasteiger charge is 2.34. The maximum absolute atomic E-state index is 13.0. The molecule has 1 aromatic heterocycles. The van der Waals surface area contributed by atoms with E-state index in [1.165, 1.54) is 5.56 Å². The fourth-order valence-electron chi connectivity index (χ4n) is 3.89. The zero-order chi connectivity index (χ0) is 20.8. The first-order valence-corrected chi connectivity index (χ1v) is 10.3. The van der Waals surface area contributed by atoms with Crippen molar-refractivity contribution < 1.29 is 9.59 Å². The molecule has 5 heteroatoms. The number of nitrogens with zero attached hydrogens (tertiary/aromatic N) is 2. The quantitative estimate of drug-likeness (QED) is 0.664. The molecule has 0 bridgehead atoms. The van der Waals surface area contributed by atoms with Crippen LogP contribution in [0.2, 0.25) is 0 Å². The van der Waals surface area contributed by atoms with Crippen molar-refractivity contribution in [2.75, 3.05) is 19.6 Å². The van der Waals surface area contributed by atoms with E-state index in [1.54, 1.807) is 11.1 Å². The zero-order valence-electron chi connectivity index (χ0n) is 16.8. The van der Waals surface area contributed by atoms with Gasteiger partial charge in [0.1, 0.15) is 0 Å². The summed E-state index contributed by atoms with van der Waals surface area (Å²) in [4.78, 5) is 31.9. The molecule has 1 N–H and O–H groups in total. The Morgan fingerprint density at radius 2 is 1.73 bits per heavy atom. The molecule has 1 unspecified atom stereocenters. The van der Waals surface area contributed by atoms with E-state index >= 15 is 0 Å². The van der Waals surface area contributed by atoms with Crippen molar-refractivity contribution in [3.8, 4) is 0 Å². The summed E-state index contributed by atoms with van der Waals surface area (Å²) in [5, 5.41) is 3.06. The Labute approximate surface area is 176 Å². The number of pyridine rings is 1. The van der Waals surface area contributed by atoms with Gasteiger partial charge in [-0.3, -0.25) is 14.6 Å². The minimum atomic E-state index is -0.358. The molecule has 0 radical (unpaired) electrons. The highest BCUT2D eigenvalue weighted by molar-refractivity contribution is 6.00. The number of benzene rings is 2. The second-order valence-electron chi connectivity index (χ2n) is 7.53. The lowest BCUT2D eigenvalue weighted by Crippen LogP contribution is -2.46. The molecule has 4 rings (SSSR count). The molecule has 0 spiro atoms. The number of amides is 2. The van der Waals surface area contributed by atoms with E-state index in [0.717, 1.165) is 17.5 Å². The molecular formula is C25H25N3O2. The molecule has 2 aromatic carbocycles. The summed E-state index contributed by atoms with van der Waals surface area (Å²) in [6.07, 6.45) is 5.05. The van der Waals surface area contributed by atoms with E-state index in [-0.39, 0.29) is 17.7 Å². The normalized spacial score (nSPS) is 15.5. The van der Waals surface area contributed by atoms with E-state index in [2.05, 4.69) is 22.4 Å². The maximum atomic E-state index is 13.0. The van der Waals surface area contributed by atoms with Crippen molar-refractivity contribution in [1.82, 2.24) is 15.2 Å².